The Bertz CT molecular complexity index is 685. The summed E-state index contributed by atoms with van der Waals surface area (Å²) in [6.07, 6.45) is 1.82. The maximum absolute atomic E-state index is 6.10. The summed E-state index contributed by atoms with van der Waals surface area (Å²) in [5, 5.41) is 4.13. The van der Waals surface area contributed by atoms with Gasteiger partial charge in [0.05, 0.1) is 0 Å². The van der Waals surface area contributed by atoms with E-state index < -0.39 is 0 Å². The van der Waals surface area contributed by atoms with E-state index in [1.54, 1.807) is 0 Å². The van der Waals surface area contributed by atoms with Gasteiger partial charge in [0.1, 0.15) is 5.82 Å². The minimum atomic E-state index is 0.778. The lowest BCUT2D eigenvalue weighted by atomic mass is 10.2. The topological polar surface area (TPSA) is 47.5 Å². The highest BCUT2D eigenvalue weighted by Gasteiger charge is 2.19. The fraction of sp³-hybridized carbons (Fsp3) is 0.444. The molecule has 0 spiro atoms. The van der Waals surface area contributed by atoms with Crippen molar-refractivity contribution in [3.8, 4) is 0 Å². The van der Waals surface area contributed by atoms with Crippen LogP contribution in [0.5, 0.6) is 0 Å². The van der Waals surface area contributed by atoms with Gasteiger partial charge in [0, 0.05) is 56.2 Å². The Balaban J connectivity index is 1.57. The number of anilines is 3. The molecule has 25 heavy (non-hydrogen) atoms. The molecule has 1 fully saturated rings. The van der Waals surface area contributed by atoms with E-state index in [0.29, 0.717) is 0 Å². The SMILES string of the molecule is CN(C)CCNc1ccnc(N2CCN(c3cccc(Cl)c3)CC2)n1. The van der Waals surface area contributed by atoms with Gasteiger partial charge in [-0.25, -0.2) is 4.98 Å². The van der Waals surface area contributed by atoms with Crippen molar-refractivity contribution in [3.63, 3.8) is 0 Å². The molecule has 0 bridgehead atoms. The lowest BCUT2D eigenvalue weighted by Gasteiger charge is -2.36. The van der Waals surface area contributed by atoms with E-state index in [9.17, 15) is 0 Å². The molecule has 1 N–H and O–H groups in total. The third-order valence-electron chi connectivity index (χ3n) is 4.24. The number of piperazine rings is 1. The van der Waals surface area contributed by atoms with Crippen LogP contribution >= 0.6 is 11.6 Å². The molecule has 3 rings (SSSR count). The van der Waals surface area contributed by atoms with Crippen molar-refractivity contribution >= 4 is 29.1 Å². The predicted octanol–water partition coefficient (Wildman–Crippen LogP) is 2.43. The summed E-state index contributed by atoms with van der Waals surface area (Å²) in [6.45, 7) is 5.49. The number of hydrogen-bond donors (Lipinski definition) is 1. The van der Waals surface area contributed by atoms with Crippen molar-refractivity contribution in [2.45, 2.75) is 0 Å². The van der Waals surface area contributed by atoms with Gasteiger partial charge >= 0.3 is 0 Å². The van der Waals surface area contributed by atoms with Gasteiger partial charge < -0.3 is 20.0 Å². The van der Waals surface area contributed by atoms with Crippen LogP contribution in [0.3, 0.4) is 0 Å². The maximum Gasteiger partial charge on any atom is 0.227 e. The van der Waals surface area contributed by atoms with Crippen molar-refractivity contribution in [2.75, 3.05) is 68.5 Å². The summed E-state index contributed by atoms with van der Waals surface area (Å²) in [7, 11) is 4.12. The fourth-order valence-corrected chi connectivity index (χ4v) is 3.03. The molecule has 134 valence electrons. The van der Waals surface area contributed by atoms with Crippen LogP contribution in [0.1, 0.15) is 0 Å². The third-order valence-corrected chi connectivity index (χ3v) is 4.48. The molecule has 0 atom stereocenters. The number of halogens is 1. The van der Waals surface area contributed by atoms with Crippen LogP contribution in [0.25, 0.3) is 0 Å². The summed E-state index contributed by atoms with van der Waals surface area (Å²) in [5.41, 5.74) is 1.17. The molecule has 1 aliphatic heterocycles. The van der Waals surface area contributed by atoms with E-state index in [1.165, 1.54) is 5.69 Å². The minimum absolute atomic E-state index is 0.778. The highest BCUT2D eigenvalue weighted by atomic mass is 35.5. The zero-order chi connectivity index (χ0) is 17.6. The molecule has 0 aliphatic carbocycles. The average molecular weight is 361 g/mol. The van der Waals surface area contributed by atoms with Crippen molar-refractivity contribution in [3.05, 3.63) is 41.6 Å². The molecular weight excluding hydrogens is 336 g/mol. The molecule has 2 heterocycles. The number of benzene rings is 1. The molecule has 2 aromatic rings. The number of nitrogens with one attached hydrogen (secondary N) is 1. The average Bonchev–Trinajstić information content (AvgIpc) is 2.62. The Morgan fingerprint density at radius 2 is 1.88 bits per heavy atom. The number of likely N-dealkylation sites (N-methyl/N-ethyl adjacent to an activating group) is 1. The minimum Gasteiger partial charge on any atom is -0.369 e. The molecule has 0 radical (unpaired) electrons. The first-order chi connectivity index (χ1) is 12.1. The molecule has 7 heteroatoms. The molecular formula is C18H25ClN6. The molecule has 0 unspecified atom stereocenters. The summed E-state index contributed by atoms with van der Waals surface area (Å²) >= 11 is 6.10. The number of nitrogens with zero attached hydrogens (tertiary/aromatic N) is 5. The molecule has 6 nitrogen and oxygen atoms in total. The first-order valence-corrected chi connectivity index (χ1v) is 8.97. The Kier molecular flexibility index (Phi) is 5.94. The van der Waals surface area contributed by atoms with Gasteiger partial charge in [0.25, 0.3) is 0 Å². The van der Waals surface area contributed by atoms with Crippen molar-refractivity contribution in [2.24, 2.45) is 0 Å². The van der Waals surface area contributed by atoms with Gasteiger partial charge in [-0.3, -0.25) is 0 Å². The summed E-state index contributed by atoms with van der Waals surface area (Å²) in [4.78, 5) is 15.8. The molecule has 1 aromatic carbocycles. The first-order valence-electron chi connectivity index (χ1n) is 8.59. The van der Waals surface area contributed by atoms with Crippen molar-refractivity contribution < 1.29 is 0 Å². The molecule has 0 amide bonds. The number of aromatic nitrogens is 2. The van der Waals surface area contributed by atoms with Crippen molar-refractivity contribution in [1.29, 1.82) is 0 Å². The van der Waals surface area contributed by atoms with Crippen LogP contribution in [-0.4, -0.2) is 68.2 Å². The normalized spacial score (nSPS) is 14.9. The van der Waals surface area contributed by atoms with Crippen LogP contribution in [-0.2, 0) is 0 Å². The predicted molar refractivity (Wildman–Crippen MR) is 105 cm³/mol. The van der Waals surface area contributed by atoms with Gasteiger partial charge in [0.2, 0.25) is 5.95 Å². The summed E-state index contributed by atoms with van der Waals surface area (Å²) in [6, 6.07) is 9.94. The largest absolute Gasteiger partial charge is 0.369 e. The van der Waals surface area contributed by atoms with Crippen molar-refractivity contribution in [1.82, 2.24) is 14.9 Å². The second kappa shape index (κ2) is 8.36. The van der Waals surface area contributed by atoms with E-state index >= 15 is 0 Å². The zero-order valence-corrected chi connectivity index (χ0v) is 15.6. The highest BCUT2D eigenvalue weighted by molar-refractivity contribution is 6.30. The van der Waals surface area contributed by atoms with E-state index in [-0.39, 0.29) is 0 Å². The van der Waals surface area contributed by atoms with E-state index in [2.05, 4.69) is 50.1 Å². The third kappa shape index (κ3) is 4.96. The van der Waals surface area contributed by atoms with E-state index in [4.69, 9.17) is 11.6 Å². The Labute approximate surface area is 154 Å². The smallest absolute Gasteiger partial charge is 0.227 e. The number of rotatable bonds is 6. The van der Waals surface area contributed by atoms with Crippen LogP contribution in [0.15, 0.2) is 36.5 Å². The Hall–Kier alpha value is -2.05. The second-order valence-corrected chi connectivity index (χ2v) is 6.86. The fourth-order valence-electron chi connectivity index (χ4n) is 2.84. The lowest BCUT2D eigenvalue weighted by Crippen LogP contribution is -2.47. The molecule has 1 aromatic heterocycles. The lowest BCUT2D eigenvalue weighted by molar-refractivity contribution is 0.425. The van der Waals surface area contributed by atoms with Gasteiger partial charge in [-0.15, -0.1) is 0 Å². The first kappa shape index (κ1) is 17.8. The van der Waals surface area contributed by atoms with Gasteiger partial charge in [-0.05, 0) is 38.4 Å². The van der Waals surface area contributed by atoms with E-state index in [0.717, 1.165) is 56.1 Å². The summed E-state index contributed by atoms with van der Waals surface area (Å²) in [5.74, 6) is 1.67. The highest BCUT2D eigenvalue weighted by Crippen LogP contribution is 2.22. The van der Waals surface area contributed by atoms with Gasteiger partial charge in [-0.2, -0.15) is 4.98 Å². The summed E-state index contributed by atoms with van der Waals surface area (Å²) < 4.78 is 0. The van der Waals surface area contributed by atoms with Gasteiger partial charge in [-0.1, -0.05) is 17.7 Å². The van der Waals surface area contributed by atoms with Crippen LogP contribution < -0.4 is 15.1 Å². The van der Waals surface area contributed by atoms with E-state index in [1.807, 2.05) is 30.5 Å². The maximum atomic E-state index is 6.10. The standard InChI is InChI=1S/C18H25ClN6/c1-23(2)9-8-20-17-6-7-21-18(22-17)25-12-10-24(11-13-25)16-5-3-4-15(19)14-16/h3-7,14H,8-13H2,1-2H3,(H,20,21,22). The quantitative estimate of drug-likeness (QED) is 0.853. The van der Waals surface area contributed by atoms with Crippen LogP contribution in [0.4, 0.5) is 17.5 Å². The molecule has 1 aliphatic rings. The monoisotopic (exact) mass is 360 g/mol. The van der Waals surface area contributed by atoms with Crippen LogP contribution in [0.2, 0.25) is 5.02 Å². The Morgan fingerprint density at radius 3 is 2.60 bits per heavy atom. The zero-order valence-electron chi connectivity index (χ0n) is 14.8. The Morgan fingerprint density at radius 1 is 1.12 bits per heavy atom. The molecule has 1 saturated heterocycles. The van der Waals surface area contributed by atoms with Gasteiger partial charge in [0.15, 0.2) is 0 Å². The van der Waals surface area contributed by atoms with Crippen LogP contribution in [0, 0.1) is 0 Å². The second-order valence-electron chi connectivity index (χ2n) is 6.43. The number of hydrogen-bond acceptors (Lipinski definition) is 6. The molecule has 0 saturated carbocycles.